The van der Waals surface area contributed by atoms with Crippen molar-refractivity contribution in [2.24, 2.45) is 0 Å². The second-order valence-electron chi connectivity index (χ2n) is 5.11. The molecule has 0 unspecified atom stereocenters. The molecule has 104 valence electrons. The molecule has 2 aromatic carbocycles. The molecule has 3 aromatic rings. The lowest BCUT2D eigenvalue weighted by molar-refractivity contribution is 1.14. The Morgan fingerprint density at radius 2 is 2.00 bits per heavy atom. The Labute approximate surface area is 136 Å². The lowest BCUT2D eigenvalue weighted by Gasteiger charge is -2.03. The fourth-order valence-electron chi connectivity index (χ4n) is 2.63. The molecule has 0 saturated heterocycles. The predicted octanol–water partition coefficient (Wildman–Crippen LogP) is 5.09. The fraction of sp³-hybridized carbons (Fsp3) is 0.118. The van der Waals surface area contributed by atoms with E-state index in [1.807, 2.05) is 6.07 Å². The van der Waals surface area contributed by atoms with Crippen molar-refractivity contribution in [3.8, 4) is 11.3 Å². The molecule has 0 bridgehead atoms. The molecule has 4 rings (SSSR count). The SMILES string of the molecule is Brc1ccc2c(c1)-c1nc(NCc3ccccc3)sc1C2. The highest BCUT2D eigenvalue weighted by molar-refractivity contribution is 9.10. The van der Waals surface area contributed by atoms with Crippen molar-refractivity contribution in [3.05, 3.63) is 69.0 Å². The minimum absolute atomic E-state index is 0.818. The molecule has 0 atom stereocenters. The van der Waals surface area contributed by atoms with Gasteiger partial charge >= 0.3 is 0 Å². The number of hydrogen-bond donors (Lipinski definition) is 1. The first-order valence-electron chi connectivity index (χ1n) is 6.86. The molecule has 0 saturated carbocycles. The highest BCUT2D eigenvalue weighted by Crippen LogP contribution is 2.42. The fourth-order valence-corrected chi connectivity index (χ4v) is 3.98. The summed E-state index contributed by atoms with van der Waals surface area (Å²) in [5.41, 5.74) is 5.06. The number of nitrogens with zero attached hydrogens (tertiary/aromatic N) is 1. The molecule has 0 aliphatic heterocycles. The van der Waals surface area contributed by atoms with Gasteiger partial charge in [-0.05, 0) is 23.3 Å². The van der Waals surface area contributed by atoms with Crippen LogP contribution in [0.1, 0.15) is 16.0 Å². The zero-order valence-corrected chi connectivity index (χ0v) is 13.7. The van der Waals surface area contributed by atoms with Crippen LogP contribution in [0.3, 0.4) is 0 Å². The first-order chi connectivity index (χ1) is 10.3. The van der Waals surface area contributed by atoms with Crippen molar-refractivity contribution in [1.82, 2.24) is 4.98 Å². The number of rotatable bonds is 3. The van der Waals surface area contributed by atoms with Gasteiger partial charge in [-0.25, -0.2) is 4.98 Å². The van der Waals surface area contributed by atoms with Crippen LogP contribution in [0.4, 0.5) is 5.13 Å². The molecule has 1 aliphatic carbocycles. The van der Waals surface area contributed by atoms with Crippen molar-refractivity contribution in [1.29, 1.82) is 0 Å². The number of anilines is 1. The summed E-state index contributed by atoms with van der Waals surface area (Å²) in [5.74, 6) is 0. The molecular weight excluding hydrogens is 344 g/mol. The van der Waals surface area contributed by atoms with Gasteiger partial charge in [0, 0.05) is 27.9 Å². The van der Waals surface area contributed by atoms with Crippen molar-refractivity contribution in [2.75, 3.05) is 5.32 Å². The van der Waals surface area contributed by atoms with Crippen LogP contribution in [-0.4, -0.2) is 4.98 Å². The summed E-state index contributed by atoms with van der Waals surface area (Å²) in [6, 6.07) is 16.9. The number of halogens is 1. The van der Waals surface area contributed by atoms with Gasteiger partial charge in [0.2, 0.25) is 0 Å². The van der Waals surface area contributed by atoms with Gasteiger partial charge in [-0.15, -0.1) is 11.3 Å². The molecule has 1 heterocycles. The van der Waals surface area contributed by atoms with Gasteiger partial charge in [0.1, 0.15) is 0 Å². The van der Waals surface area contributed by atoms with E-state index in [2.05, 4.69) is 63.7 Å². The Hall–Kier alpha value is -1.65. The van der Waals surface area contributed by atoms with E-state index >= 15 is 0 Å². The van der Waals surface area contributed by atoms with Crippen LogP contribution in [0.5, 0.6) is 0 Å². The normalized spacial score (nSPS) is 12.0. The monoisotopic (exact) mass is 356 g/mol. The first kappa shape index (κ1) is 13.0. The Morgan fingerprint density at radius 3 is 2.86 bits per heavy atom. The molecule has 1 N–H and O–H groups in total. The molecule has 0 radical (unpaired) electrons. The average molecular weight is 357 g/mol. The van der Waals surface area contributed by atoms with Gasteiger partial charge in [0.15, 0.2) is 5.13 Å². The minimum atomic E-state index is 0.818. The van der Waals surface area contributed by atoms with Crippen LogP contribution in [-0.2, 0) is 13.0 Å². The third-order valence-electron chi connectivity index (χ3n) is 3.66. The number of fused-ring (bicyclic) bond motifs is 3. The van der Waals surface area contributed by atoms with Gasteiger partial charge in [-0.1, -0.05) is 52.3 Å². The lowest BCUT2D eigenvalue weighted by atomic mass is 10.1. The maximum atomic E-state index is 4.77. The number of thiazole rings is 1. The molecule has 0 fully saturated rings. The van der Waals surface area contributed by atoms with E-state index < -0.39 is 0 Å². The molecule has 1 aromatic heterocycles. The second kappa shape index (κ2) is 5.28. The molecule has 0 amide bonds. The van der Waals surface area contributed by atoms with Crippen LogP contribution in [0.2, 0.25) is 0 Å². The minimum Gasteiger partial charge on any atom is -0.357 e. The van der Waals surface area contributed by atoms with Crippen LogP contribution < -0.4 is 5.32 Å². The molecule has 1 aliphatic rings. The smallest absolute Gasteiger partial charge is 0.183 e. The Kier molecular flexibility index (Phi) is 3.28. The zero-order chi connectivity index (χ0) is 14.2. The third-order valence-corrected chi connectivity index (χ3v) is 5.17. The maximum Gasteiger partial charge on any atom is 0.183 e. The highest BCUT2D eigenvalue weighted by Gasteiger charge is 2.23. The summed E-state index contributed by atoms with van der Waals surface area (Å²) in [6.07, 6.45) is 1.00. The van der Waals surface area contributed by atoms with Crippen LogP contribution in [0.25, 0.3) is 11.3 Å². The summed E-state index contributed by atoms with van der Waals surface area (Å²) in [6.45, 7) is 0.818. The summed E-state index contributed by atoms with van der Waals surface area (Å²) in [7, 11) is 0. The van der Waals surface area contributed by atoms with Crippen LogP contribution >= 0.6 is 27.3 Å². The number of benzene rings is 2. The molecule has 2 nitrogen and oxygen atoms in total. The zero-order valence-electron chi connectivity index (χ0n) is 11.3. The molecule has 0 spiro atoms. The lowest BCUT2D eigenvalue weighted by Crippen LogP contribution is -1.98. The van der Waals surface area contributed by atoms with E-state index in [4.69, 9.17) is 4.98 Å². The van der Waals surface area contributed by atoms with Crippen LogP contribution in [0, 0.1) is 0 Å². The van der Waals surface area contributed by atoms with Crippen molar-refractivity contribution < 1.29 is 0 Å². The quantitative estimate of drug-likeness (QED) is 0.553. The first-order valence-corrected chi connectivity index (χ1v) is 8.47. The van der Waals surface area contributed by atoms with Crippen LogP contribution in [0.15, 0.2) is 53.0 Å². The van der Waals surface area contributed by atoms with Crippen molar-refractivity contribution in [3.63, 3.8) is 0 Å². The summed E-state index contributed by atoms with van der Waals surface area (Å²) in [4.78, 5) is 6.13. The number of hydrogen-bond acceptors (Lipinski definition) is 3. The maximum absolute atomic E-state index is 4.77. The Balaban J connectivity index is 1.57. The third kappa shape index (κ3) is 2.49. The van der Waals surface area contributed by atoms with Gasteiger partial charge < -0.3 is 5.32 Å². The van der Waals surface area contributed by atoms with Gasteiger partial charge in [-0.2, -0.15) is 0 Å². The largest absolute Gasteiger partial charge is 0.357 e. The van der Waals surface area contributed by atoms with E-state index in [1.165, 1.54) is 21.6 Å². The van der Waals surface area contributed by atoms with E-state index in [0.29, 0.717) is 0 Å². The van der Waals surface area contributed by atoms with Crippen molar-refractivity contribution in [2.45, 2.75) is 13.0 Å². The summed E-state index contributed by atoms with van der Waals surface area (Å²) in [5, 5.41) is 4.44. The van der Waals surface area contributed by atoms with Crippen molar-refractivity contribution >= 4 is 32.4 Å². The van der Waals surface area contributed by atoms with E-state index in [9.17, 15) is 0 Å². The standard InChI is InChI=1S/C17H13BrN2S/c18-13-7-6-12-8-15-16(14(12)9-13)20-17(21-15)19-10-11-4-2-1-3-5-11/h1-7,9H,8,10H2,(H,19,20). The van der Waals surface area contributed by atoms with E-state index in [-0.39, 0.29) is 0 Å². The van der Waals surface area contributed by atoms with Gasteiger partial charge in [0.25, 0.3) is 0 Å². The topological polar surface area (TPSA) is 24.9 Å². The van der Waals surface area contributed by atoms with E-state index in [0.717, 1.165) is 28.3 Å². The molecular formula is C17H13BrN2S. The van der Waals surface area contributed by atoms with Gasteiger partial charge in [0.05, 0.1) is 5.69 Å². The number of nitrogens with one attached hydrogen (secondary N) is 1. The summed E-state index contributed by atoms with van der Waals surface area (Å²) < 4.78 is 1.11. The molecule has 21 heavy (non-hydrogen) atoms. The highest BCUT2D eigenvalue weighted by atomic mass is 79.9. The van der Waals surface area contributed by atoms with E-state index in [1.54, 1.807) is 11.3 Å². The average Bonchev–Trinajstić information content (AvgIpc) is 3.04. The Bertz CT molecular complexity index is 796. The summed E-state index contributed by atoms with van der Waals surface area (Å²) >= 11 is 5.31. The predicted molar refractivity (Wildman–Crippen MR) is 91.8 cm³/mol. The van der Waals surface area contributed by atoms with Gasteiger partial charge in [-0.3, -0.25) is 0 Å². The second-order valence-corrected chi connectivity index (χ2v) is 7.11. The Morgan fingerprint density at radius 1 is 1.14 bits per heavy atom. The molecule has 4 heteroatoms. The number of aromatic nitrogens is 1.